The van der Waals surface area contributed by atoms with Crippen LogP contribution >= 0.6 is 11.3 Å². The van der Waals surface area contributed by atoms with E-state index in [-0.39, 0.29) is 0 Å². The summed E-state index contributed by atoms with van der Waals surface area (Å²) < 4.78 is 2.56. The van der Waals surface area contributed by atoms with Crippen LogP contribution in [0.3, 0.4) is 0 Å². The number of nitrogens with one attached hydrogen (secondary N) is 1. The van der Waals surface area contributed by atoms with Gasteiger partial charge in [-0.2, -0.15) is 9.97 Å². The summed E-state index contributed by atoms with van der Waals surface area (Å²) in [7, 11) is 1.82. The maximum atomic E-state index is 4.73. The molecule has 2 heterocycles. The lowest BCUT2D eigenvalue weighted by Crippen LogP contribution is -2.02. The second-order valence-corrected chi connectivity index (χ2v) is 7.32. The minimum absolute atomic E-state index is 0.564. The lowest BCUT2D eigenvalue weighted by molar-refractivity contribution is 1.06. The predicted molar refractivity (Wildman–Crippen MR) is 113 cm³/mol. The van der Waals surface area contributed by atoms with Crippen LogP contribution in [-0.2, 0) is 0 Å². The number of rotatable bonds is 3. The molecule has 0 spiro atoms. The molecule has 4 nitrogen and oxygen atoms in total. The highest BCUT2D eigenvalue weighted by molar-refractivity contribution is 7.25. The van der Waals surface area contributed by atoms with E-state index in [9.17, 15) is 0 Å². The molecule has 0 unspecified atom stereocenters. The van der Waals surface area contributed by atoms with E-state index in [1.807, 2.05) is 48.7 Å². The average Bonchev–Trinajstić information content (AvgIpc) is 3.12. The van der Waals surface area contributed by atoms with Gasteiger partial charge in [-0.25, -0.2) is 4.98 Å². The summed E-state index contributed by atoms with van der Waals surface area (Å²) in [5.41, 5.74) is 1.96. The molecular weight excluding hydrogens is 352 g/mol. The van der Waals surface area contributed by atoms with Gasteiger partial charge in [0.1, 0.15) is 0 Å². The van der Waals surface area contributed by atoms with Crippen molar-refractivity contribution in [3.63, 3.8) is 0 Å². The summed E-state index contributed by atoms with van der Waals surface area (Å²) in [5, 5.41) is 5.55. The van der Waals surface area contributed by atoms with Crippen LogP contribution in [0.1, 0.15) is 0 Å². The van der Waals surface area contributed by atoms with Crippen LogP contribution in [0.4, 0.5) is 5.95 Å². The van der Waals surface area contributed by atoms with Crippen molar-refractivity contribution in [2.24, 2.45) is 0 Å². The third kappa shape index (κ3) is 2.82. The van der Waals surface area contributed by atoms with Gasteiger partial charge in [-0.05, 0) is 24.3 Å². The monoisotopic (exact) mass is 368 g/mol. The van der Waals surface area contributed by atoms with Gasteiger partial charge in [0.2, 0.25) is 5.95 Å². The Labute approximate surface area is 160 Å². The van der Waals surface area contributed by atoms with Crippen molar-refractivity contribution in [2.75, 3.05) is 12.4 Å². The maximum absolute atomic E-state index is 4.73. The molecule has 0 aliphatic rings. The molecule has 0 aliphatic heterocycles. The summed E-state index contributed by atoms with van der Waals surface area (Å²) in [5.74, 6) is 1.90. The number of hydrogen-bond donors (Lipinski definition) is 1. The lowest BCUT2D eigenvalue weighted by Gasteiger charge is -2.07. The Morgan fingerprint density at radius 1 is 0.667 bits per heavy atom. The fourth-order valence-corrected chi connectivity index (χ4v) is 4.28. The van der Waals surface area contributed by atoms with E-state index in [0.29, 0.717) is 17.6 Å². The van der Waals surface area contributed by atoms with Gasteiger partial charge in [-0.3, -0.25) is 0 Å². The van der Waals surface area contributed by atoms with Crippen molar-refractivity contribution >= 4 is 37.5 Å². The number of aromatic nitrogens is 3. The number of fused-ring (bicyclic) bond motifs is 3. The zero-order valence-electron chi connectivity index (χ0n) is 14.7. The summed E-state index contributed by atoms with van der Waals surface area (Å²) in [6.07, 6.45) is 0. The minimum atomic E-state index is 0.564. The van der Waals surface area contributed by atoms with Gasteiger partial charge in [0, 0.05) is 38.3 Å². The molecule has 0 saturated carbocycles. The minimum Gasteiger partial charge on any atom is -0.357 e. The lowest BCUT2D eigenvalue weighted by atomic mass is 10.1. The first kappa shape index (κ1) is 15.9. The fourth-order valence-electron chi connectivity index (χ4n) is 3.20. The smallest absolute Gasteiger partial charge is 0.226 e. The third-order valence-electron chi connectivity index (χ3n) is 4.53. The van der Waals surface area contributed by atoms with Crippen LogP contribution in [0.5, 0.6) is 0 Å². The Morgan fingerprint density at radius 2 is 1.37 bits per heavy atom. The molecule has 27 heavy (non-hydrogen) atoms. The first-order chi connectivity index (χ1) is 13.3. The number of anilines is 1. The Kier molecular flexibility index (Phi) is 3.80. The van der Waals surface area contributed by atoms with Gasteiger partial charge < -0.3 is 5.32 Å². The van der Waals surface area contributed by atoms with E-state index in [1.165, 1.54) is 20.2 Å². The molecule has 0 saturated heterocycles. The largest absolute Gasteiger partial charge is 0.357 e. The van der Waals surface area contributed by atoms with E-state index in [1.54, 1.807) is 0 Å². The van der Waals surface area contributed by atoms with E-state index in [0.717, 1.165) is 11.1 Å². The highest BCUT2D eigenvalue weighted by atomic mass is 32.1. The molecule has 3 aromatic carbocycles. The van der Waals surface area contributed by atoms with Gasteiger partial charge in [0.05, 0.1) is 0 Å². The third-order valence-corrected chi connectivity index (χ3v) is 5.68. The first-order valence-corrected chi connectivity index (χ1v) is 9.54. The average molecular weight is 368 g/mol. The quantitative estimate of drug-likeness (QED) is 0.449. The van der Waals surface area contributed by atoms with Crippen LogP contribution in [0, 0.1) is 0 Å². The molecular formula is C22H16N4S. The molecule has 0 radical (unpaired) electrons. The first-order valence-electron chi connectivity index (χ1n) is 8.73. The second-order valence-electron chi connectivity index (χ2n) is 6.23. The van der Waals surface area contributed by atoms with Crippen molar-refractivity contribution in [1.82, 2.24) is 15.0 Å². The van der Waals surface area contributed by atoms with Crippen molar-refractivity contribution < 1.29 is 0 Å². The molecule has 0 aliphatic carbocycles. The molecule has 1 N–H and O–H groups in total. The van der Waals surface area contributed by atoms with Crippen LogP contribution < -0.4 is 5.32 Å². The fraction of sp³-hybridized carbons (Fsp3) is 0.0455. The normalized spacial score (nSPS) is 11.1. The van der Waals surface area contributed by atoms with Crippen molar-refractivity contribution in [1.29, 1.82) is 0 Å². The zero-order chi connectivity index (χ0) is 18.2. The summed E-state index contributed by atoms with van der Waals surface area (Å²) in [6.45, 7) is 0. The second kappa shape index (κ2) is 6.45. The highest BCUT2D eigenvalue weighted by Crippen LogP contribution is 2.35. The number of nitrogens with zero attached hydrogens (tertiary/aromatic N) is 3. The molecule has 130 valence electrons. The van der Waals surface area contributed by atoms with Gasteiger partial charge in [0.25, 0.3) is 0 Å². The molecule has 0 atom stereocenters. The molecule has 2 aromatic heterocycles. The number of benzene rings is 3. The van der Waals surface area contributed by atoms with E-state index >= 15 is 0 Å². The molecule has 5 aromatic rings. The Balaban J connectivity index is 1.70. The maximum Gasteiger partial charge on any atom is 0.226 e. The topological polar surface area (TPSA) is 50.7 Å². The molecule has 5 heteroatoms. The van der Waals surface area contributed by atoms with Crippen molar-refractivity contribution in [2.45, 2.75) is 0 Å². The summed E-state index contributed by atoms with van der Waals surface area (Å²) in [6, 6.07) is 24.9. The van der Waals surface area contributed by atoms with Gasteiger partial charge in [0.15, 0.2) is 11.6 Å². The van der Waals surface area contributed by atoms with Crippen LogP contribution in [0.15, 0.2) is 72.8 Å². The summed E-state index contributed by atoms with van der Waals surface area (Å²) >= 11 is 1.81. The summed E-state index contributed by atoms with van der Waals surface area (Å²) in [4.78, 5) is 13.8. The number of thiophene rings is 1. The number of hydrogen-bond acceptors (Lipinski definition) is 5. The van der Waals surface area contributed by atoms with Crippen LogP contribution in [0.25, 0.3) is 42.9 Å². The molecule has 5 rings (SSSR count). The zero-order valence-corrected chi connectivity index (χ0v) is 15.5. The van der Waals surface area contributed by atoms with Crippen LogP contribution in [-0.4, -0.2) is 22.0 Å². The molecule has 0 fully saturated rings. The van der Waals surface area contributed by atoms with E-state index < -0.39 is 0 Å². The van der Waals surface area contributed by atoms with Crippen molar-refractivity contribution in [3.8, 4) is 22.8 Å². The van der Waals surface area contributed by atoms with Gasteiger partial charge in [-0.15, -0.1) is 11.3 Å². The van der Waals surface area contributed by atoms with Gasteiger partial charge >= 0.3 is 0 Å². The Morgan fingerprint density at radius 3 is 2.19 bits per heavy atom. The van der Waals surface area contributed by atoms with E-state index in [2.05, 4.69) is 57.7 Å². The van der Waals surface area contributed by atoms with Crippen molar-refractivity contribution in [3.05, 3.63) is 72.8 Å². The SMILES string of the molecule is CNc1nc(-c2ccccc2)nc(-c2ccc3sc4ccccc4c3c2)n1. The molecule has 0 amide bonds. The Hall–Kier alpha value is -3.31. The highest BCUT2D eigenvalue weighted by Gasteiger charge is 2.12. The Bertz CT molecular complexity index is 1260. The standard InChI is InChI=1S/C22H16N4S/c1-23-22-25-20(14-7-3-2-4-8-14)24-21(26-22)15-11-12-19-17(13-15)16-9-5-6-10-18(16)27-19/h2-13H,1H3,(H,23,24,25,26). The predicted octanol–water partition coefficient (Wildman–Crippen LogP) is 5.62. The van der Waals surface area contributed by atoms with Gasteiger partial charge in [-0.1, -0.05) is 48.5 Å². The van der Waals surface area contributed by atoms with E-state index in [4.69, 9.17) is 4.98 Å². The molecule has 0 bridgehead atoms. The van der Waals surface area contributed by atoms with Crippen LogP contribution in [0.2, 0.25) is 0 Å².